The average molecular weight is 215 g/mol. The molecular formula is C11H21NOS. The molecule has 82 valence electrons. The predicted octanol–water partition coefficient (Wildman–Crippen LogP) is 2.53. The smallest absolute Gasteiger partial charge is 0.206 e. The molecule has 0 saturated carbocycles. The van der Waals surface area contributed by atoms with Crippen LogP contribution in [-0.4, -0.2) is 34.9 Å². The van der Waals surface area contributed by atoms with Gasteiger partial charge in [-0.3, -0.25) is 9.69 Å². The fraction of sp³-hybridized carbons (Fsp3) is 0.909. The summed E-state index contributed by atoms with van der Waals surface area (Å²) in [5.41, 5.74) is 0. The molecule has 3 heteroatoms. The van der Waals surface area contributed by atoms with Crippen molar-refractivity contribution in [3.8, 4) is 0 Å². The summed E-state index contributed by atoms with van der Waals surface area (Å²) in [6.07, 6.45) is 4.83. The minimum atomic E-state index is 0.181. The SMILES string of the molecule is CCSC(=O)C(CC)N1CCCCC1. The molecule has 2 nitrogen and oxygen atoms in total. The zero-order valence-electron chi connectivity index (χ0n) is 9.29. The van der Waals surface area contributed by atoms with E-state index in [1.54, 1.807) is 0 Å². The topological polar surface area (TPSA) is 20.3 Å². The first-order valence-electron chi connectivity index (χ1n) is 5.70. The standard InChI is InChI=1S/C11H21NOS/c1-3-10(11(13)14-4-2)12-8-6-5-7-9-12/h10H,3-9H2,1-2H3. The molecule has 0 radical (unpaired) electrons. The number of hydrogen-bond acceptors (Lipinski definition) is 3. The molecule has 0 amide bonds. The van der Waals surface area contributed by atoms with Crippen molar-refractivity contribution in [1.82, 2.24) is 4.90 Å². The van der Waals surface area contributed by atoms with Crippen LogP contribution in [0.15, 0.2) is 0 Å². The Balaban J connectivity index is 2.46. The molecule has 0 aromatic rings. The lowest BCUT2D eigenvalue weighted by Gasteiger charge is -2.32. The molecule has 0 aromatic heterocycles. The number of hydrogen-bond donors (Lipinski definition) is 0. The molecule has 0 bridgehead atoms. The van der Waals surface area contributed by atoms with Crippen molar-refractivity contribution >= 4 is 16.9 Å². The molecular weight excluding hydrogens is 194 g/mol. The van der Waals surface area contributed by atoms with E-state index in [1.165, 1.54) is 31.0 Å². The van der Waals surface area contributed by atoms with Gasteiger partial charge in [0.1, 0.15) is 0 Å². The Morgan fingerprint density at radius 3 is 2.43 bits per heavy atom. The molecule has 1 unspecified atom stereocenters. The summed E-state index contributed by atoms with van der Waals surface area (Å²) in [7, 11) is 0. The maximum Gasteiger partial charge on any atom is 0.206 e. The fourth-order valence-corrected chi connectivity index (χ4v) is 2.84. The second kappa shape index (κ2) is 6.46. The lowest BCUT2D eigenvalue weighted by atomic mass is 10.1. The molecule has 1 saturated heterocycles. The van der Waals surface area contributed by atoms with Crippen LogP contribution in [0.25, 0.3) is 0 Å². The Labute approximate surface area is 91.4 Å². The average Bonchev–Trinajstić information content (AvgIpc) is 2.21. The fourth-order valence-electron chi connectivity index (χ4n) is 2.04. The number of nitrogens with zero attached hydrogens (tertiary/aromatic N) is 1. The van der Waals surface area contributed by atoms with Gasteiger partial charge in [-0.15, -0.1) is 0 Å². The summed E-state index contributed by atoms with van der Waals surface area (Å²) in [5, 5.41) is 0.372. The summed E-state index contributed by atoms with van der Waals surface area (Å²) < 4.78 is 0. The van der Waals surface area contributed by atoms with Crippen molar-refractivity contribution in [3.05, 3.63) is 0 Å². The van der Waals surface area contributed by atoms with Gasteiger partial charge >= 0.3 is 0 Å². The maximum absolute atomic E-state index is 11.8. The molecule has 0 spiro atoms. The zero-order chi connectivity index (χ0) is 10.4. The van der Waals surface area contributed by atoms with Crippen LogP contribution in [0, 0.1) is 0 Å². The summed E-state index contributed by atoms with van der Waals surface area (Å²) in [6, 6.07) is 0.181. The first-order valence-corrected chi connectivity index (χ1v) is 6.68. The highest BCUT2D eigenvalue weighted by Crippen LogP contribution is 2.18. The summed E-state index contributed by atoms with van der Waals surface area (Å²) >= 11 is 1.48. The van der Waals surface area contributed by atoms with Crippen LogP contribution in [0.4, 0.5) is 0 Å². The minimum Gasteiger partial charge on any atom is -0.293 e. The van der Waals surface area contributed by atoms with Gasteiger partial charge in [0, 0.05) is 0 Å². The Morgan fingerprint density at radius 2 is 1.93 bits per heavy atom. The number of piperidine rings is 1. The normalized spacial score (nSPS) is 20.7. The largest absolute Gasteiger partial charge is 0.293 e. The number of likely N-dealkylation sites (tertiary alicyclic amines) is 1. The first kappa shape index (κ1) is 12.1. The van der Waals surface area contributed by atoms with E-state index >= 15 is 0 Å². The lowest BCUT2D eigenvalue weighted by molar-refractivity contribution is -0.116. The molecule has 14 heavy (non-hydrogen) atoms. The van der Waals surface area contributed by atoms with Gasteiger partial charge in [0.15, 0.2) is 0 Å². The van der Waals surface area contributed by atoms with E-state index in [-0.39, 0.29) is 6.04 Å². The zero-order valence-corrected chi connectivity index (χ0v) is 10.1. The predicted molar refractivity (Wildman–Crippen MR) is 62.6 cm³/mol. The van der Waals surface area contributed by atoms with Crippen molar-refractivity contribution in [2.75, 3.05) is 18.8 Å². The molecule has 0 aliphatic carbocycles. The van der Waals surface area contributed by atoms with Crippen LogP contribution in [0.3, 0.4) is 0 Å². The van der Waals surface area contributed by atoms with Crippen molar-refractivity contribution in [2.45, 2.75) is 45.6 Å². The number of carbonyl (C=O) groups excluding carboxylic acids is 1. The van der Waals surface area contributed by atoms with Crippen LogP contribution in [0.5, 0.6) is 0 Å². The van der Waals surface area contributed by atoms with Gasteiger partial charge in [-0.2, -0.15) is 0 Å². The molecule has 1 rings (SSSR count). The number of carbonyl (C=O) groups is 1. The summed E-state index contributed by atoms with van der Waals surface area (Å²) in [4.78, 5) is 14.2. The Bertz CT molecular complexity index is 178. The second-order valence-electron chi connectivity index (χ2n) is 3.77. The van der Waals surface area contributed by atoms with Gasteiger partial charge in [0.2, 0.25) is 5.12 Å². The summed E-state index contributed by atoms with van der Waals surface area (Å²) in [5.74, 6) is 0.906. The Kier molecular flexibility index (Phi) is 5.56. The van der Waals surface area contributed by atoms with E-state index in [0.717, 1.165) is 25.3 Å². The molecule has 0 aromatic carbocycles. The van der Waals surface area contributed by atoms with E-state index in [9.17, 15) is 4.79 Å². The van der Waals surface area contributed by atoms with Crippen molar-refractivity contribution in [3.63, 3.8) is 0 Å². The van der Waals surface area contributed by atoms with E-state index in [0.29, 0.717) is 5.12 Å². The van der Waals surface area contributed by atoms with Crippen LogP contribution in [0.2, 0.25) is 0 Å². The molecule has 1 aliphatic heterocycles. The monoisotopic (exact) mass is 215 g/mol. The quantitative estimate of drug-likeness (QED) is 0.719. The molecule has 1 aliphatic rings. The Morgan fingerprint density at radius 1 is 1.29 bits per heavy atom. The van der Waals surface area contributed by atoms with Crippen LogP contribution < -0.4 is 0 Å². The molecule has 1 fully saturated rings. The van der Waals surface area contributed by atoms with Gasteiger partial charge in [-0.25, -0.2) is 0 Å². The van der Waals surface area contributed by atoms with Gasteiger partial charge in [0.25, 0.3) is 0 Å². The lowest BCUT2D eigenvalue weighted by Crippen LogP contribution is -2.42. The third-order valence-electron chi connectivity index (χ3n) is 2.78. The second-order valence-corrected chi connectivity index (χ2v) is 5.04. The first-order chi connectivity index (χ1) is 6.79. The summed E-state index contributed by atoms with van der Waals surface area (Å²) in [6.45, 7) is 6.40. The third kappa shape index (κ3) is 3.28. The van der Waals surface area contributed by atoms with Gasteiger partial charge < -0.3 is 0 Å². The Hall–Kier alpha value is -0.0200. The van der Waals surface area contributed by atoms with E-state index < -0.39 is 0 Å². The van der Waals surface area contributed by atoms with E-state index in [4.69, 9.17) is 0 Å². The van der Waals surface area contributed by atoms with Gasteiger partial charge in [0.05, 0.1) is 6.04 Å². The van der Waals surface area contributed by atoms with Crippen LogP contribution >= 0.6 is 11.8 Å². The minimum absolute atomic E-state index is 0.181. The van der Waals surface area contributed by atoms with E-state index in [2.05, 4.69) is 11.8 Å². The van der Waals surface area contributed by atoms with Gasteiger partial charge in [-0.1, -0.05) is 32.0 Å². The van der Waals surface area contributed by atoms with Crippen LogP contribution in [0.1, 0.15) is 39.5 Å². The highest BCUT2D eigenvalue weighted by molar-refractivity contribution is 8.13. The van der Waals surface area contributed by atoms with E-state index in [1.807, 2.05) is 6.92 Å². The van der Waals surface area contributed by atoms with Crippen molar-refractivity contribution in [2.24, 2.45) is 0 Å². The molecule has 1 heterocycles. The highest BCUT2D eigenvalue weighted by atomic mass is 32.2. The van der Waals surface area contributed by atoms with Crippen molar-refractivity contribution < 1.29 is 4.79 Å². The highest BCUT2D eigenvalue weighted by Gasteiger charge is 2.24. The molecule has 0 N–H and O–H groups in total. The van der Waals surface area contributed by atoms with Crippen LogP contribution in [-0.2, 0) is 4.79 Å². The third-order valence-corrected chi connectivity index (χ3v) is 3.62. The number of thioether (sulfide) groups is 1. The maximum atomic E-state index is 11.8. The van der Waals surface area contributed by atoms with Crippen molar-refractivity contribution in [1.29, 1.82) is 0 Å². The molecule has 1 atom stereocenters. The number of rotatable bonds is 4. The van der Waals surface area contributed by atoms with Gasteiger partial charge in [-0.05, 0) is 38.1 Å².